The maximum atomic E-state index is 7.61. The molecular formula is C12H24N2O. The molecule has 0 aliphatic rings. The molecule has 0 radical (unpaired) electrons. The van der Waals surface area contributed by atoms with E-state index < -0.39 is 0 Å². The standard InChI is InChI=1S/C12H24N2O/c1-4-12(14)7-6-11(8-9-13)10(3)15-5-2/h9-11,13-14H,4-8H2,1-3H3. The summed E-state index contributed by atoms with van der Waals surface area (Å²) in [6, 6.07) is 0. The molecule has 2 N–H and O–H groups in total. The van der Waals surface area contributed by atoms with Gasteiger partial charge in [-0.2, -0.15) is 0 Å². The lowest BCUT2D eigenvalue weighted by Crippen LogP contribution is -2.22. The van der Waals surface area contributed by atoms with Crippen LogP contribution in [0.15, 0.2) is 0 Å². The number of nitrogens with one attached hydrogen (secondary N) is 2. The second-order valence-corrected chi connectivity index (χ2v) is 3.86. The molecule has 0 rings (SSSR count). The summed E-state index contributed by atoms with van der Waals surface area (Å²) >= 11 is 0. The van der Waals surface area contributed by atoms with Crippen LogP contribution in [0.3, 0.4) is 0 Å². The molecule has 0 spiro atoms. The van der Waals surface area contributed by atoms with Gasteiger partial charge in [0, 0.05) is 12.3 Å². The first-order valence-electron chi connectivity index (χ1n) is 5.82. The molecule has 0 amide bonds. The van der Waals surface area contributed by atoms with Crippen LogP contribution < -0.4 is 0 Å². The third kappa shape index (κ3) is 6.39. The first kappa shape index (κ1) is 14.3. The molecular weight excluding hydrogens is 188 g/mol. The van der Waals surface area contributed by atoms with E-state index in [-0.39, 0.29) is 6.10 Å². The van der Waals surface area contributed by atoms with Gasteiger partial charge in [0.05, 0.1) is 6.10 Å². The van der Waals surface area contributed by atoms with Gasteiger partial charge in [-0.05, 0) is 51.7 Å². The minimum absolute atomic E-state index is 0.196. The lowest BCUT2D eigenvalue weighted by Gasteiger charge is -2.22. The first-order chi connectivity index (χ1) is 7.15. The molecule has 0 bridgehead atoms. The quantitative estimate of drug-likeness (QED) is 0.566. The smallest absolute Gasteiger partial charge is 0.0578 e. The third-order valence-corrected chi connectivity index (χ3v) is 2.76. The fourth-order valence-corrected chi connectivity index (χ4v) is 1.63. The summed E-state index contributed by atoms with van der Waals surface area (Å²) in [5, 5.41) is 14.8. The Morgan fingerprint density at radius 3 is 2.53 bits per heavy atom. The van der Waals surface area contributed by atoms with Crippen molar-refractivity contribution < 1.29 is 4.74 Å². The Bertz CT molecular complexity index is 192. The molecule has 0 aliphatic heterocycles. The van der Waals surface area contributed by atoms with E-state index in [1.54, 1.807) is 0 Å². The van der Waals surface area contributed by atoms with Crippen molar-refractivity contribution in [1.82, 2.24) is 0 Å². The van der Waals surface area contributed by atoms with Crippen molar-refractivity contribution in [3.8, 4) is 0 Å². The molecule has 0 aromatic carbocycles. The zero-order chi connectivity index (χ0) is 11.7. The van der Waals surface area contributed by atoms with Gasteiger partial charge in [0.1, 0.15) is 0 Å². The summed E-state index contributed by atoms with van der Waals surface area (Å²) in [6.45, 7) is 6.79. The average Bonchev–Trinajstić information content (AvgIpc) is 2.23. The Labute approximate surface area is 93.2 Å². The van der Waals surface area contributed by atoms with Crippen molar-refractivity contribution in [2.75, 3.05) is 6.61 Å². The summed E-state index contributed by atoms with van der Waals surface area (Å²) in [7, 11) is 0. The molecule has 0 aliphatic carbocycles. The monoisotopic (exact) mass is 212 g/mol. The van der Waals surface area contributed by atoms with Gasteiger partial charge in [0.2, 0.25) is 0 Å². The molecule has 88 valence electrons. The van der Waals surface area contributed by atoms with Gasteiger partial charge in [0.15, 0.2) is 0 Å². The molecule has 3 nitrogen and oxygen atoms in total. The molecule has 0 heterocycles. The SMILES string of the molecule is CCOC(C)C(CC=N)CCC(=N)CC. The lowest BCUT2D eigenvalue weighted by molar-refractivity contribution is 0.0332. The fourth-order valence-electron chi connectivity index (χ4n) is 1.63. The van der Waals surface area contributed by atoms with Gasteiger partial charge in [0.25, 0.3) is 0 Å². The summed E-state index contributed by atoms with van der Waals surface area (Å²) in [5.41, 5.74) is 0.800. The Hall–Kier alpha value is -0.700. The second kappa shape index (κ2) is 8.60. The van der Waals surface area contributed by atoms with Gasteiger partial charge in [-0.3, -0.25) is 0 Å². The molecule has 15 heavy (non-hydrogen) atoms. The Balaban J connectivity index is 4.02. The van der Waals surface area contributed by atoms with Crippen LogP contribution in [0.25, 0.3) is 0 Å². The Kier molecular flexibility index (Phi) is 8.19. The zero-order valence-corrected chi connectivity index (χ0v) is 10.2. The van der Waals surface area contributed by atoms with Crippen LogP contribution in [0.5, 0.6) is 0 Å². The van der Waals surface area contributed by atoms with E-state index >= 15 is 0 Å². The van der Waals surface area contributed by atoms with Gasteiger partial charge in [-0.15, -0.1) is 0 Å². The van der Waals surface area contributed by atoms with Gasteiger partial charge >= 0.3 is 0 Å². The molecule has 0 aromatic rings. The molecule has 3 heteroatoms. The van der Waals surface area contributed by atoms with Crippen LogP contribution in [-0.4, -0.2) is 24.6 Å². The Morgan fingerprint density at radius 1 is 1.40 bits per heavy atom. The van der Waals surface area contributed by atoms with Crippen molar-refractivity contribution >= 4 is 11.9 Å². The first-order valence-corrected chi connectivity index (χ1v) is 5.82. The van der Waals surface area contributed by atoms with Crippen molar-refractivity contribution in [3.05, 3.63) is 0 Å². The molecule has 0 saturated carbocycles. The van der Waals surface area contributed by atoms with Gasteiger partial charge in [-0.25, -0.2) is 0 Å². The predicted molar refractivity (Wildman–Crippen MR) is 65.2 cm³/mol. The number of ether oxygens (including phenoxy) is 1. The summed E-state index contributed by atoms with van der Waals surface area (Å²) in [5.74, 6) is 0.384. The van der Waals surface area contributed by atoms with E-state index in [0.717, 1.165) is 38.0 Å². The van der Waals surface area contributed by atoms with Crippen LogP contribution in [-0.2, 0) is 4.74 Å². The fraction of sp³-hybridized carbons (Fsp3) is 0.833. The molecule has 0 saturated heterocycles. The molecule has 0 aromatic heterocycles. The number of hydrogen-bond acceptors (Lipinski definition) is 3. The zero-order valence-electron chi connectivity index (χ0n) is 10.2. The van der Waals surface area contributed by atoms with E-state index in [1.807, 2.05) is 13.8 Å². The van der Waals surface area contributed by atoms with Crippen molar-refractivity contribution in [2.45, 2.75) is 52.6 Å². The van der Waals surface area contributed by atoms with Crippen molar-refractivity contribution in [1.29, 1.82) is 10.8 Å². The maximum absolute atomic E-state index is 7.61. The largest absolute Gasteiger partial charge is 0.378 e. The van der Waals surface area contributed by atoms with Crippen LogP contribution in [0.2, 0.25) is 0 Å². The highest BCUT2D eigenvalue weighted by Gasteiger charge is 2.16. The van der Waals surface area contributed by atoms with E-state index in [9.17, 15) is 0 Å². The van der Waals surface area contributed by atoms with E-state index in [4.69, 9.17) is 15.6 Å². The molecule has 2 atom stereocenters. The second-order valence-electron chi connectivity index (χ2n) is 3.86. The van der Waals surface area contributed by atoms with Crippen LogP contribution >= 0.6 is 0 Å². The van der Waals surface area contributed by atoms with Crippen LogP contribution in [0.1, 0.15) is 46.5 Å². The topological polar surface area (TPSA) is 56.9 Å². The van der Waals surface area contributed by atoms with Crippen molar-refractivity contribution in [3.63, 3.8) is 0 Å². The Morgan fingerprint density at radius 2 is 2.07 bits per heavy atom. The minimum atomic E-state index is 0.196. The maximum Gasteiger partial charge on any atom is 0.0578 e. The summed E-state index contributed by atoms with van der Waals surface area (Å²) in [4.78, 5) is 0. The van der Waals surface area contributed by atoms with E-state index in [2.05, 4.69) is 6.92 Å². The highest BCUT2D eigenvalue weighted by atomic mass is 16.5. The summed E-state index contributed by atoms with van der Waals surface area (Å²) in [6.07, 6.45) is 5.05. The summed E-state index contributed by atoms with van der Waals surface area (Å²) < 4.78 is 5.55. The van der Waals surface area contributed by atoms with Crippen LogP contribution in [0, 0.1) is 16.7 Å². The highest BCUT2D eigenvalue weighted by Crippen LogP contribution is 2.18. The average molecular weight is 212 g/mol. The lowest BCUT2D eigenvalue weighted by atomic mass is 9.93. The number of rotatable bonds is 9. The van der Waals surface area contributed by atoms with Gasteiger partial charge < -0.3 is 15.6 Å². The predicted octanol–water partition coefficient (Wildman–Crippen LogP) is 3.28. The number of hydrogen-bond donors (Lipinski definition) is 2. The highest BCUT2D eigenvalue weighted by molar-refractivity contribution is 5.80. The van der Waals surface area contributed by atoms with E-state index in [0.29, 0.717) is 5.92 Å². The molecule has 2 unspecified atom stereocenters. The van der Waals surface area contributed by atoms with Crippen LogP contribution in [0.4, 0.5) is 0 Å². The van der Waals surface area contributed by atoms with Crippen molar-refractivity contribution in [2.24, 2.45) is 5.92 Å². The molecule has 0 fully saturated rings. The van der Waals surface area contributed by atoms with Gasteiger partial charge in [-0.1, -0.05) is 6.92 Å². The third-order valence-electron chi connectivity index (χ3n) is 2.76. The minimum Gasteiger partial charge on any atom is -0.378 e. The normalized spacial score (nSPS) is 14.6. The van der Waals surface area contributed by atoms with E-state index in [1.165, 1.54) is 6.21 Å².